The zero-order chi connectivity index (χ0) is 9.30. The molecule has 67 valence electrons. The van der Waals surface area contributed by atoms with Crippen molar-refractivity contribution in [3.8, 4) is 0 Å². The molecule has 1 aromatic rings. The monoisotopic (exact) mass is 229 g/mol. The lowest BCUT2D eigenvalue weighted by Gasteiger charge is -2.13. The van der Waals surface area contributed by atoms with E-state index in [0.717, 1.165) is 4.47 Å². The Morgan fingerprint density at radius 3 is 2.25 bits per heavy atom. The average Bonchev–Trinajstić information content (AvgIpc) is 2.30. The molecule has 2 nitrogen and oxygen atoms in total. The van der Waals surface area contributed by atoms with Crippen LogP contribution in [0, 0.1) is 6.20 Å². The molecule has 0 bridgehead atoms. The molecule has 0 aliphatic rings. The molecule has 1 radical (unpaired) electrons. The zero-order valence-electron chi connectivity index (χ0n) is 7.93. The van der Waals surface area contributed by atoms with Crippen molar-refractivity contribution in [3.63, 3.8) is 0 Å². The number of rotatable bonds is 2. The third-order valence-electron chi connectivity index (χ3n) is 1.76. The summed E-state index contributed by atoms with van der Waals surface area (Å²) in [6.45, 7) is 8.57. The lowest BCUT2D eigenvalue weighted by atomic mass is 10.1. The number of nitrogens with zero attached hydrogens (tertiary/aromatic N) is 2. The van der Waals surface area contributed by atoms with Crippen LogP contribution < -0.4 is 0 Å². The molecule has 0 fully saturated rings. The summed E-state index contributed by atoms with van der Waals surface area (Å²) in [7, 11) is 0. The Kier molecular flexibility index (Phi) is 2.94. The molecule has 0 N–H and O–H groups in total. The van der Waals surface area contributed by atoms with E-state index < -0.39 is 0 Å². The van der Waals surface area contributed by atoms with Gasteiger partial charge < -0.3 is 0 Å². The molecule has 0 amide bonds. The van der Waals surface area contributed by atoms with Crippen LogP contribution >= 0.6 is 15.9 Å². The van der Waals surface area contributed by atoms with Gasteiger partial charge in [-0.05, 0) is 35.7 Å². The van der Waals surface area contributed by atoms with Crippen LogP contribution in [0.15, 0.2) is 4.47 Å². The molecule has 0 aromatic carbocycles. The van der Waals surface area contributed by atoms with E-state index in [1.807, 2.05) is 4.68 Å². The van der Waals surface area contributed by atoms with Gasteiger partial charge in [-0.2, -0.15) is 5.10 Å². The van der Waals surface area contributed by atoms with E-state index in [2.05, 4.69) is 54.9 Å². The predicted octanol–water partition coefficient (Wildman–Crippen LogP) is 3.15. The quantitative estimate of drug-likeness (QED) is 0.763. The molecule has 0 spiro atoms. The molecular weight excluding hydrogens is 216 g/mol. The van der Waals surface area contributed by atoms with Crippen molar-refractivity contribution in [2.75, 3.05) is 0 Å². The summed E-state index contributed by atoms with van der Waals surface area (Å²) in [6.07, 6.45) is 2.93. The fraction of sp³-hybridized carbons (Fsp3) is 0.667. The van der Waals surface area contributed by atoms with Gasteiger partial charge in [0.25, 0.3) is 0 Å². The van der Waals surface area contributed by atoms with E-state index in [1.54, 1.807) is 0 Å². The van der Waals surface area contributed by atoms with E-state index in [9.17, 15) is 0 Å². The molecule has 0 aliphatic heterocycles. The molecule has 0 atom stereocenters. The summed E-state index contributed by atoms with van der Waals surface area (Å²) in [4.78, 5) is 0. The number of aromatic nitrogens is 2. The maximum absolute atomic E-state index is 4.18. The van der Waals surface area contributed by atoms with Crippen molar-refractivity contribution in [1.82, 2.24) is 9.78 Å². The Labute approximate surface area is 82.1 Å². The van der Waals surface area contributed by atoms with Gasteiger partial charge in [-0.3, -0.25) is 4.68 Å². The Morgan fingerprint density at radius 2 is 1.92 bits per heavy atom. The molecule has 0 saturated carbocycles. The second kappa shape index (κ2) is 3.60. The lowest BCUT2D eigenvalue weighted by molar-refractivity contribution is 0.496. The third-order valence-corrected chi connectivity index (χ3v) is 2.35. The topological polar surface area (TPSA) is 17.8 Å². The van der Waals surface area contributed by atoms with Crippen LogP contribution in [0.5, 0.6) is 0 Å². The van der Waals surface area contributed by atoms with E-state index in [-0.39, 0.29) is 0 Å². The molecule has 3 heteroatoms. The minimum absolute atomic E-state index is 0.407. The summed E-state index contributed by atoms with van der Waals surface area (Å²) in [5.41, 5.74) is 1.23. The molecular formula is C9H14BrN2. The van der Waals surface area contributed by atoms with Crippen LogP contribution in [0.2, 0.25) is 0 Å². The Bertz CT molecular complexity index is 263. The van der Waals surface area contributed by atoms with Gasteiger partial charge in [0.05, 0.1) is 10.2 Å². The largest absolute Gasteiger partial charge is 0.265 e. The number of halogens is 1. The molecule has 1 aromatic heterocycles. The fourth-order valence-corrected chi connectivity index (χ4v) is 1.94. The highest BCUT2D eigenvalue weighted by Gasteiger charge is 2.14. The normalized spacial score (nSPS) is 11.6. The van der Waals surface area contributed by atoms with Crippen molar-refractivity contribution in [2.45, 2.75) is 39.7 Å². The van der Waals surface area contributed by atoms with Gasteiger partial charge in [-0.1, -0.05) is 13.8 Å². The van der Waals surface area contributed by atoms with E-state index in [0.29, 0.717) is 12.0 Å². The standard InChI is InChI=1S/C9H14BrN2/c1-6(2)9-8(10)5-11-12(9)7(3)4/h6-7H,1-4H3. The number of hydrogen-bond acceptors (Lipinski definition) is 1. The predicted molar refractivity (Wildman–Crippen MR) is 53.2 cm³/mol. The molecule has 1 rings (SSSR count). The molecule has 0 unspecified atom stereocenters. The van der Waals surface area contributed by atoms with Gasteiger partial charge in [-0.25, -0.2) is 0 Å². The Balaban J connectivity index is 3.12. The highest BCUT2D eigenvalue weighted by molar-refractivity contribution is 9.10. The van der Waals surface area contributed by atoms with Gasteiger partial charge in [-0.15, -0.1) is 0 Å². The first-order chi connectivity index (χ1) is 5.54. The highest BCUT2D eigenvalue weighted by atomic mass is 79.9. The van der Waals surface area contributed by atoms with Crippen molar-refractivity contribution in [2.24, 2.45) is 0 Å². The average molecular weight is 230 g/mol. The van der Waals surface area contributed by atoms with Gasteiger partial charge in [0.1, 0.15) is 6.20 Å². The minimum atomic E-state index is 0.407. The number of hydrogen-bond donors (Lipinski definition) is 0. The summed E-state index contributed by atoms with van der Waals surface area (Å²) in [5, 5.41) is 4.18. The van der Waals surface area contributed by atoms with Gasteiger partial charge >= 0.3 is 0 Å². The summed E-state index contributed by atoms with van der Waals surface area (Å²) in [6, 6.07) is 0.407. The van der Waals surface area contributed by atoms with Crippen LogP contribution in [0.4, 0.5) is 0 Å². The Hall–Kier alpha value is -0.310. The lowest BCUT2D eigenvalue weighted by Crippen LogP contribution is -2.08. The Morgan fingerprint density at radius 1 is 1.33 bits per heavy atom. The third kappa shape index (κ3) is 1.71. The van der Waals surface area contributed by atoms with Crippen LogP contribution in [0.1, 0.15) is 45.3 Å². The fourth-order valence-electron chi connectivity index (χ4n) is 1.22. The minimum Gasteiger partial charge on any atom is -0.265 e. The molecule has 0 aliphatic carbocycles. The second-order valence-corrected chi connectivity index (χ2v) is 4.30. The van der Waals surface area contributed by atoms with Crippen molar-refractivity contribution >= 4 is 15.9 Å². The van der Waals surface area contributed by atoms with Crippen molar-refractivity contribution in [3.05, 3.63) is 16.4 Å². The second-order valence-electron chi connectivity index (χ2n) is 3.50. The first-order valence-electron chi connectivity index (χ1n) is 4.19. The van der Waals surface area contributed by atoms with E-state index in [1.165, 1.54) is 5.69 Å². The van der Waals surface area contributed by atoms with Crippen LogP contribution in [-0.2, 0) is 0 Å². The SMILES string of the molecule is CC(C)c1c(Br)[c]nn1C(C)C. The van der Waals surface area contributed by atoms with Crippen molar-refractivity contribution < 1.29 is 0 Å². The molecule has 1 heterocycles. The molecule has 12 heavy (non-hydrogen) atoms. The van der Waals surface area contributed by atoms with Gasteiger partial charge in [0, 0.05) is 6.04 Å². The van der Waals surface area contributed by atoms with Crippen LogP contribution in [0.3, 0.4) is 0 Å². The zero-order valence-corrected chi connectivity index (χ0v) is 9.51. The molecule has 0 saturated heterocycles. The first-order valence-corrected chi connectivity index (χ1v) is 4.99. The van der Waals surface area contributed by atoms with E-state index >= 15 is 0 Å². The van der Waals surface area contributed by atoms with Gasteiger partial charge in [0.2, 0.25) is 0 Å². The van der Waals surface area contributed by atoms with E-state index in [4.69, 9.17) is 0 Å². The van der Waals surface area contributed by atoms with Crippen molar-refractivity contribution in [1.29, 1.82) is 0 Å². The smallest absolute Gasteiger partial charge is 0.128 e. The first kappa shape index (κ1) is 9.78. The highest BCUT2D eigenvalue weighted by Crippen LogP contribution is 2.25. The van der Waals surface area contributed by atoms with Crippen LogP contribution in [-0.4, -0.2) is 9.78 Å². The summed E-state index contributed by atoms with van der Waals surface area (Å²) < 4.78 is 3.00. The van der Waals surface area contributed by atoms with Crippen LogP contribution in [0.25, 0.3) is 0 Å². The maximum atomic E-state index is 4.18. The summed E-state index contributed by atoms with van der Waals surface area (Å²) in [5.74, 6) is 0.487. The summed E-state index contributed by atoms with van der Waals surface area (Å²) >= 11 is 3.45. The maximum Gasteiger partial charge on any atom is 0.128 e. The van der Waals surface area contributed by atoms with Gasteiger partial charge in [0.15, 0.2) is 0 Å².